The van der Waals surface area contributed by atoms with E-state index in [4.69, 9.17) is 53.1 Å². The fourth-order valence-electron chi connectivity index (χ4n) is 16.5. The van der Waals surface area contributed by atoms with E-state index in [2.05, 4.69) is 34.4 Å². The number of hydrogen-bond acceptors (Lipinski definition) is 23. The maximum Gasteiger partial charge on any atom is 0.408 e. The van der Waals surface area contributed by atoms with Gasteiger partial charge in [0.2, 0.25) is 23.6 Å². The van der Waals surface area contributed by atoms with Gasteiger partial charge in [0.05, 0.1) is 69.7 Å². The molecule has 2 saturated heterocycles. The van der Waals surface area contributed by atoms with Crippen molar-refractivity contribution in [3.63, 3.8) is 0 Å². The standard InChI is InChI=1S/C45H59N5O9S.C44H57N5O9S/c1-11-26-21-45(26,41(54)57-10)49-39(52)33-19-29(23-50(33)40(53)38(44(6,7)8)48-42(55)59-28-14-12-13-15-28)58-35-20-31(47-37-25(2)34(56-9)17-16-30(35)37)32-24-60-36(46-32)18-27(51)22-43(3,4)5;1-10-25-20-44(25,40(53)54)48-38(51)32-18-28(22-49(32)39(52)37(43(6,7)8)47-41(55)58-27-13-11-12-14-27)57-34-19-30(46-36-24(2)33(56-9)16-15-29(34)36)31-23-59-35(45-31)17-26(50)21-42(3,4)5/h11,16-17,20,24,26,28-29,33,38H,1,12-15,18-19,21-23H2,2-10H3,(H,48,55)(H,49,52);10,15-16,19,23,25,27-28,32,37H,1,11-14,17-18,20-22H2,2-9H3,(H,47,55)(H,48,51)(H,53,54)/t26-,29-,33+,38-,45-;25-,28-,32+,37-,44-/m11/s1. The van der Waals surface area contributed by atoms with Crippen LogP contribution in [0.3, 0.4) is 0 Å². The number of Topliss-reactive ketones (excluding diaryl/α,β-unsaturated/α-hetero) is 2. The second-order valence-electron chi connectivity index (χ2n) is 37.0. The van der Waals surface area contributed by atoms with E-state index in [0.29, 0.717) is 96.9 Å². The van der Waals surface area contributed by atoms with Crippen LogP contribution in [-0.2, 0) is 65.4 Å². The van der Waals surface area contributed by atoms with Crippen LogP contribution in [0.15, 0.2) is 72.5 Å². The fraction of sp³-hybridized carbons (Fsp3) is 0.573. The highest BCUT2D eigenvalue weighted by Crippen LogP contribution is 2.48. The van der Waals surface area contributed by atoms with E-state index in [0.717, 1.165) is 62.5 Å². The summed E-state index contributed by atoms with van der Waals surface area (Å²) in [5, 5.41) is 27.8. The van der Waals surface area contributed by atoms with Gasteiger partial charge in [0.1, 0.15) is 116 Å². The van der Waals surface area contributed by atoms with Gasteiger partial charge >= 0.3 is 24.1 Å². The van der Waals surface area contributed by atoms with Crippen molar-refractivity contribution in [3.05, 3.63) is 93.6 Å². The zero-order chi connectivity index (χ0) is 86.8. The predicted molar refractivity (Wildman–Crippen MR) is 451 cm³/mol. The minimum absolute atomic E-state index is 0.00993. The van der Waals surface area contributed by atoms with E-state index in [9.17, 15) is 53.1 Å². The van der Waals surface area contributed by atoms with Crippen molar-refractivity contribution in [3.8, 4) is 45.8 Å². The van der Waals surface area contributed by atoms with Crippen molar-refractivity contribution in [2.75, 3.05) is 34.4 Å². The quantitative estimate of drug-likeness (QED) is 0.0173. The first-order valence-corrected chi connectivity index (χ1v) is 42.7. The molecule has 4 aliphatic carbocycles. The number of nitrogens with one attached hydrogen (secondary N) is 4. The summed E-state index contributed by atoms with van der Waals surface area (Å²) in [6, 6.07) is 6.53. The Morgan fingerprint density at radius 2 is 0.916 bits per heavy atom. The molecule has 6 aromatic rings. The Balaban J connectivity index is 0.000000233. The van der Waals surface area contributed by atoms with Crippen LogP contribution in [0.5, 0.6) is 23.0 Å². The Kier molecular flexibility index (Phi) is 27.2. The number of carbonyl (C=O) groups is 10. The molecule has 0 bridgehead atoms. The number of carboxylic acid groups (broad SMARTS) is 1. The maximum absolute atomic E-state index is 14.7. The maximum atomic E-state index is 14.7. The number of benzene rings is 2. The third kappa shape index (κ3) is 21.0. The lowest BCUT2D eigenvalue weighted by Crippen LogP contribution is -2.59. The van der Waals surface area contributed by atoms with Crippen LogP contribution in [0.4, 0.5) is 9.59 Å². The molecule has 2 aliphatic heterocycles. The molecule has 28 nitrogen and oxygen atoms in total. The Bertz CT molecular complexity index is 4880. The Hall–Kier alpha value is -10.1. The number of carbonyl (C=O) groups excluding carboxylic acids is 9. The zero-order valence-corrected chi connectivity index (χ0v) is 73.2. The molecule has 0 radical (unpaired) electrons. The van der Waals surface area contributed by atoms with Crippen LogP contribution in [-0.4, -0.2) is 188 Å². The van der Waals surface area contributed by atoms with E-state index in [1.54, 1.807) is 32.4 Å². The van der Waals surface area contributed by atoms with E-state index in [-0.39, 0.29) is 85.7 Å². The number of aromatic nitrogens is 4. The molecule has 5 N–H and O–H groups in total. The highest BCUT2D eigenvalue weighted by atomic mass is 32.1. The molecular formula is C89H116N10O18S2. The first-order chi connectivity index (χ1) is 56.0. The Morgan fingerprint density at radius 1 is 0.538 bits per heavy atom. The Labute approximate surface area is 703 Å². The number of fused-ring (bicyclic) bond motifs is 2. The summed E-state index contributed by atoms with van der Waals surface area (Å²) in [4.78, 5) is 158. The van der Waals surface area contributed by atoms with Gasteiger partial charge in [0.25, 0.3) is 0 Å². The molecule has 6 fully saturated rings. The molecule has 6 aliphatic rings. The van der Waals surface area contributed by atoms with Crippen LogP contribution in [0.2, 0.25) is 0 Å². The monoisotopic (exact) mass is 1680 g/mol. The van der Waals surface area contributed by atoms with Gasteiger partial charge in [0.15, 0.2) is 0 Å². The number of ketones is 2. The molecule has 6 amide bonds. The molecular weight excluding hydrogens is 1560 g/mol. The third-order valence-electron chi connectivity index (χ3n) is 22.9. The normalized spacial score (nSPS) is 22.3. The lowest BCUT2D eigenvalue weighted by atomic mass is 9.85. The van der Waals surface area contributed by atoms with Gasteiger partial charge < -0.3 is 69.3 Å². The first-order valence-electron chi connectivity index (χ1n) is 41.0. The van der Waals surface area contributed by atoms with Crippen molar-refractivity contribution in [1.82, 2.24) is 51.0 Å². The summed E-state index contributed by atoms with van der Waals surface area (Å²) in [7, 11) is 4.43. The average Bonchev–Trinajstić information content (AvgIpc) is 1.59. The molecule has 2 aromatic carbocycles. The molecule has 642 valence electrons. The number of esters is 1. The first kappa shape index (κ1) is 89.7. The Morgan fingerprint density at radius 3 is 1.25 bits per heavy atom. The molecule has 12 rings (SSSR count). The smallest absolute Gasteiger partial charge is 0.408 e. The molecule has 30 heteroatoms. The lowest BCUT2D eigenvalue weighted by Gasteiger charge is -2.35. The summed E-state index contributed by atoms with van der Waals surface area (Å²) in [6.07, 6.45) is 8.59. The van der Waals surface area contributed by atoms with Gasteiger partial charge in [-0.3, -0.25) is 28.8 Å². The molecule has 0 unspecified atom stereocenters. The molecule has 119 heavy (non-hydrogen) atoms. The number of ether oxygens (including phenoxy) is 7. The number of nitrogens with zero attached hydrogens (tertiary/aromatic N) is 6. The average molecular weight is 1680 g/mol. The van der Waals surface area contributed by atoms with Crippen LogP contribution in [0.25, 0.3) is 44.6 Å². The number of aryl methyl sites for hydroxylation is 2. The van der Waals surface area contributed by atoms with Gasteiger partial charge in [0, 0.05) is 82.3 Å². The van der Waals surface area contributed by atoms with Gasteiger partial charge in [-0.25, -0.2) is 39.1 Å². The topological polar surface area (TPSA) is 362 Å². The summed E-state index contributed by atoms with van der Waals surface area (Å²) < 4.78 is 41.3. The van der Waals surface area contributed by atoms with E-state index in [1.165, 1.54) is 45.7 Å². The van der Waals surface area contributed by atoms with Gasteiger partial charge in [-0.1, -0.05) is 95.2 Å². The van der Waals surface area contributed by atoms with E-state index in [1.807, 2.05) is 132 Å². The highest BCUT2D eigenvalue weighted by Gasteiger charge is 2.63. The van der Waals surface area contributed by atoms with Crippen molar-refractivity contribution >= 4 is 104 Å². The second kappa shape index (κ2) is 36.1. The SMILES string of the molecule is C=C[C@@H]1C[C@]1(NC(=O)[C@@H]1C[C@@H](Oc2cc(-c3csc(CC(=O)CC(C)(C)C)n3)nc3c(C)c(OC)ccc23)CN1C(=O)[C@@H](NC(=O)OC1CCCC1)C(C)(C)C)C(=O)O.C=C[C@@H]1C[C@]1(NC(=O)[C@@H]1C[C@@H](Oc2cc(-c3csc(CC(=O)CC(C)(C)C)n3)nc3c(C)c(OC)ccc23)CN1C(=O)[C@@H](NC(=O)OC1CCCC1)C(C)(C)C)C(=O)OC. The minimum atomic E-state index is -1.53. The van der Waals surface area contributed by atoms with Crippen LogP contribution in [0, 0.1) is 47.3 Å². The van der Waals surface area contributed by atoms with Crippen LogP contribution >= 0.6 is 22.7 Å². The number of aliphatic carboxylic acids is 1. The fourth-order valence-corrected chi connectivity index (χ4v) is 18.1. The number of thiazole rings is 2. The summed E-state index contributed by atoms with van der Waals surface area (Å²) in [6.45, 7) is 34.4. The number of methoxy groups -OCH3 is 3. The van der Waals surface area contributed by atoms with Crippen molar-refractivity contribution in [2.24, 2.45) is 33.5 Å². The number of carboxylic acids is 1. The van der Waals surface area contributed by atoms with Crippen LogP contribution in [0.1, 0.15) is 194 Å². The van der Waals surface area contributed by atoms with Crippen molar-refractivity contribution in [1.29, 1.82) is 0 Å². The van der Waals surface area contributed by atoms with E-state index >= 15 is 0 Å². The molecule has 6 heterocycles. The van der Waals surface area contributed by atoms with Crippen LogP contribution < -0.4 is 40.2 Å². The number of likely N-dealkylation sites (tertiary alicyclic amines) is 2. The third-order valence-corrected chi connectivity index (χ3v) is 24.6. The number of pyridine rings is 2. The molecule has 0 spiro atoms. The number of hydrogen-bond donors (Lipinski definition) is 5. The number of amides is 6. The largest absolute Gasteiger partial charge is 0.496 e. The lowest BCUT2D eigenvalue weighted by molar-refractivity contribution is -0.148. The molecule has 4 aromatic heterocycles. The number of rotatable bonds is 28. The zero-order valence-electron chi connectivity index (χ0n) is 71.6. The predicted octanol–water partition coefficient (Wildman–Crippen LogP) is 13.7. The summed E-state index contributed by atoms with van der Waals surface area (Å²) in [5.41, 5.74) is 0.208. The van der Waals surface area contributed by atoms with E-state index < -0.39 is 112 Å². The van der Waals surface area contributed by atoms with Crippen molar-refractivity contribution < 1.29 is 86.2 Å². The highest BCUT2D eigenvalue weighted by molar-refractivity contribution is 7.10. The minimum Gasteiger partial charge on any atom is -0.496 e. The second-order valence-corrected chi connectivity index (χ2v) is 38.9. The molecule has 4 saturated carbocycles. The van der Waals surface area contributed by atoms with Gasteiger partial charge in [-0.2, -0.15) is 0 Å². The summed E-state index contributed by atoms with van der Waals surface area (Å²) >= 11 is 2.77. The number of alkyl carbamates (subject to hydrolysis) is 2. The van der Waals surface area contributed by atoms with Gasteiger partial charge in [-0.05, 0) is 124 Å². The van der Waals surface area contributed by atoms with Crippen molar-refractivity contribution in [2.45, 2.75) is 259 Å². The van der Waals surface area contributed by atoms with Gasteiger partial charge in [-0.15, -0.1) is 35.8 Å². The molecule has 10 atom stereocenters. The summed E-state index contributed by atoms with van der Waals surface area (Å²) in [5.74, 6) is -2.49.